The molecule has 1 aliphatic carbocycles. The summed E-state index contributed by atoms with van der Waals surface area (Å²) in [5.74, 6) is 6.10. The van der Waals surface area contributed by atoms with Crippen LogP contribution in [0.25, 0.3) is 0 Å². The molecule has 0 radical (unpaired) electrons. The molecule has 0 heterocycles. The van der Waals surface area contributed by atoms with Gasteiger partial charge < -0.3 is 9.47 Å². The first-order chi connectivity index (χ1) is 12.5. The minimum atomic E-state index is -0.827. The van der Waals surface area contributed by atoms with Crippen molar-refractivity contribution in [2.24, 2.45) is 0 Å². The summed E-state index contributed by atoms with van der Waals surface area (Å²) in [6.07, 6.45) is 5.66. The summed E-state index contributed by atoms with van der Waals surface area (Å²) in [6.45, 7) is 9.98. The zero-order valence-electron chi connectivity index (χ0n) is 16.5. The lowest BCUT2D eigenvalue weighted by molar-refractivity contribution is -0.384. The summed E-state index contributed by atoms with van der Waals surface area (Å²) < 4.78 is 9.23. The third kappa shape index (κ3) is 17.8. The quantitative estimate of drug-likeness (QED) is 0.211. The normalized spacial score (nSPS) is 9.88. The molecule has 0 saturated heterocycles. The van der Waals surface area contributed by atoms with Crippen LogP contribution >= 0.6 is 0 Å². The Kier molecular flexibility index (Phi) is 18.6. The predicted molar refractivity (Wildman–Crippen MR) is 104 cm³/mol. The number of non-ortho nitro benzene ring substituents is 1. The zero-order valence-corrected chi connectivity index (χ0v) is 16.5. The van der Waals surface area contributed by atoms with E-state index in [2.05, 4.69) is 30.4 Å². The molecule has 0 unspecified atom stereocenters. The highest BCUT2D eigenvalue weighted by Crippen LogP contribution is 2.17. The van der Waals surface area contributed by atoms with Crippen LogP contribution in [0.4, 0.5) is 10.5 Å². The maximum Gasteiger partial charge on any atom is 0.513 e. The van der Waals surface area contributed by atoms with Crippen molar-refractivity contribution < 1.29 is 19.2 Å². The van der Waals surface area contributed by atoms with E-state index in [-0.39, 0.29) is 18.0 Å². The summed E-state index contributed by atoms with van der Waals surface area (Å²) in [5, 5.41) is 10.3. The number of hydrogen-bond acceptors (Lipinski definition) is 5. The molecule has 0 bridgehead atoms. The summed E-state index contributed by atoms with van der Waals surface area (Å²) in [4.78, 5) is 20.6. The molecule has 26 heavy (non-hydrogen) atoms. The summed E-state index contributed by atoms with van der Waals surface area (Å²) in [7, 11) is 0. The monoisotopic (exact) mass is 365 g/mol. The van der Waals surface area contributed by atoms with E-state index in [9.17, 15) is 14.9 Å². The number of ether oxygens (including phenoxy) is 2. The first-order valence-corrected chi connectivity index (χ1v) is 9.09. The van der Waals surface area contributed by atoms with Gasteiger partial charge in [-0.2, -0.15) is 0 Å². The number of carbonyl (C=O) groups excluding carboxylic acids is 1. The first kappa shape index (κ1) is 25.7. The number of nitro benzene ring substituents is 1. The van der Waals surface area contributed by atoms with E-state index in [4.69, 9.17) is 4.74 Å². The van der Waals surface area contributed by atoms with E-state index in [1.54, 1.807) is 6.92 Å². The molecule has 1 aromatic carbocycles. The molecule has 0 atom stereocenters. The Morgan fingerprint density at radius 3 is 1.81 bits per heavy atom. The molecular formula is C20H31NO5. The smallest absolute Gasteiger partial charge is 0.434 e. The second-order valence-electron chi connectivity index (χ2n) is 4.66. The topological polar surface area (TPSA) is 78.7 Å². The van der Waals surface area contributed by atoms with E-state index >= 15 is 0 Å². The van der Waals surface area contributed by atoms with E-state index < -0.39 is 11.1 Å². The average Bonchev–Trinajstić information content (AvgIpc) is 3.52. The fourth-order valence-corrected chi connectivity index (χ4v) is 1.13. The molecular weight excluding hydrogens is 334 g/mol. The number of nitro groups is 1. The van der Waals surface area contributed by atoms with Crippen molar-refractivity contribution in [2.45, 2.75) is 66.7 Å². The molecule has 1 fully saturated rings. The highest BCUT2D eigenvalue weighted by Gasteiger charge is 2.07. The second-order valence-corrected chi connectivity index (χ2v) is 4.66. The minimum Gasteiger partial charge on any atom is -0.434 e. The Labute approximate surface area is 157 Å². The van der Waals surface area contributed by atoms with Gasteiger partial charge in [0, 0.05) is 25.0 Å². The minimum absolute atomic E-state index is 0.0637. The van der Waals surface area contributed by atoms with Gasteiger partial charge in [0.1, 0.15) is 5.75 Å². The van der Waals surface area contributed by atoms with Crippen LogP contribution in [-0.4, -0.2) is 17.7 Å². The van der Waals surface area contributed by atoms with Crippen LogP contribution in [0, 0.1) is 22.0 Å². The average molecular weight is 365 g/mol. The van der Waals surface area contributed by atoms with Gasteiger partial charge in [-0.25, -0.2) is 4.79 Å². The molecule has 0 aromatic heterocycles. The number of rotatable bonds is 3. The lowest BCUT2D eigenvalue weighted by atomic mass is 10.3. The maximum absolute atomic E-state index is 10.9. The van der Waals surface area contributed by atoms with Crippen LogP contribution in [0.2, 0.25) is 0 Å². The Balaban J connectivity index is 0. The number of nitrogens with zero attached hydrogens (tertiary/aromatic N) is 1. The maximum atomic E-state index is 10.9. The molecule has 1 aliphatic rings. The molecule has 0 aliphatic heterocycles. The van der Waals surface area contributed by atoms with Crippen LogP contribution in [0.15, 0.2) is 24.3 Å². The van der Waals surface area contributed by atoms with Crippen LogP contribution in [-0.2, 0) is 4.74 Å². The first-order valence-electron chi connectivity index (χ1n) is 9.09. The summed E-state index contributed by atoms with van der Waals surface area (Å²) in [6, 6.07) is 5.15. The van der Waals surface area contributed by atoms with Crippen molar-refractivity contribution in [3.8, 4) is 17.6 Å². The van der Waals surface area contributed by atoms with Crippen molar-refractivity contribution in [1.82, 2.24) is 0 Å². The van der Waals surface area contributed by atoms with E-state index in [0.29, 0.717) is 0 Å². The van der Waals surface area contributed by atoms with Crippen molar-refractivity contribution in [3.63, 3.8) is 0 Å². The van der Waals surface area contributed by atoms with Crippen molar-refractivity contribution in [2.75, 3.05) is 6.61 Å². The van der Waals surface area contributed by atoms with Gasteiger partial charge in [0.15, 0.2) is 0 Å². The highest BCUT2D eigenvalue weighted by molar-refractivity contribution is 5.63. The van der Waals surface area contributed by atoms with Crippen molar-refractivity contribution in [1.29, 1.82) is 0 Å². The standard InChI is InChI=1S/C9H9NO5.C6H10.C3H6.C2H6/c1-2-14-9(11)15-8-5-3-7(4-6-8)10(12)13;1-3-5-6-4-2;1-2-3-1;1-2/h3-6H,2H2,1H3;3-4H2,1-2H3;1-3H2;1-2H3. The molecule has 6 heteroatoms. The Hall–Kier alpha value is -2.55. The lowest BCUT2D eigenvalue weighted by Gasteiger charge is -2.02. The van der Waals surface area contributed by atoms with Gasteiger partial charge in [-0.15, -0.1) is 11.8 Å². The summed E-state index contributed by atoms with van der Waals surface area (Å²) in [5.41, 5.74) is -0.0637. The molecule has 2 rings (SSSR count). The van der Waals surface area contributed by atoms with Gasteiger partial charge in [0.2, 0.25) is 0 Å². The van der Waals surface area contributed by atoms with Gasteiger partial charge in [-0.1, -0.05) is 47.0 Å². The molecule has 146 valence electrons. The molecule has 1 saturated carbocycles. The SMILES string of the molecule is C1CC1.CC.CCC#CCC.CCOC(=O)Oc1ccc([N+](=O)[O-])cc1. The Morgan fingerprint density at radius 2 is 1.50 bits per heavy atom. The van der Waals surface area contributed by atoms with Gasteiger partial charge in [-0.3, -0.25) is 10.1 Å². The largest absolute Gasteiger partial charge is 0.513 e. The Morgan fingerprint density at radius 1 is 1.04 bits per heavy atom. The van der Waals surface area contributed by atoms with Crippen LogP contribution in [0.5, 0.6) is 5.75 Å². The summed E-state index contributed by atoms with van der Waals surface area (Å²) >= 11 is 0. The van der Waals surface area contributed by atoms with Crippen LogP contribution in [0.1, 0.15) is 66.7 Å². The number of hydrogen-bond donors (Lipinski definition) is 0. The fraction of sp³-hybridized carbons (Fsp3) is 0.550. The number of benzene rings is 1. The fourth-order valence-electron chi connectivity index (χ4n) is 1.13. The van der Waals surface area contributed by atoms with Gasteiger partial charge in [-0.05, 0) is 19.1 Å². The zero-order chi connectivity index (χ0) is 20.2. The Bertz CT molecular complexity index is 531. The lowest BCUT2D eigenvalue weighted by Crippen LogP contribution is -2.09. The highest BCUT2D eigenvalue weighted by atomic mass is 16.7. The molecule has 1 aromatic rings. The van der Waals surface area contributed by atoms with Gasteiger partial charge in [0.25, 0.3) is 5.69 Å². The van der Waals surface area contributed by atoms with Gasteiger partial charge in [0.05, 0.1) is 11.5 Å². The molecule has 0 spiro atoms. The van der Waals surface area contributed by atoms with E-state index in [1.807, 2.05) is 13.8 Å². The molecule has 0 N–H and O–H groups in total. The van der Waals surface area contributed by atoms with Crippen LogP contribution < -0.4 is 4.74 Å². The third-order valence-corrected chi connectivity index (χ3v) is 2.34. The van der Waals surface area contributed by atoms with Crippen LogP contribution in [0.3, 0.4) is 0 Å². The third-order valence-electron chi connectivity index (χ3n) is 2.34. The second kappa shape index (κ2) is 18.8. The molecule has 0 amide bonds. The predicted octanol–water partition coefficient (Wildman–Crippen LogP) is 6.14. The van der Waals surface area contributed by atoms with Crippen molar-refractivity contribution >= 4 is 11.8 Å². The van der Waals surface area contributed by atoms with Gasteiger partial charge >= 0.3 is 6.16 Å². The van der Waals surface area contributed by atoms with Crippen molar-refractivity contribution in [3.05, 3.63) is 34.4 Å². The van der Waals surface area contributed by atoms with E-state index in [1.165, 1.54) is 43.5 Å². The number of carbonyl (C=O) groups is 1. The molecule has 6 nitrogen and oxygen atoms in total. The van der Waals surface area contributed by atoms with E-state index in [0.717, 1.165) is 12.8 Å².